The van der Waals surface area contributed by atoms with Gasteiger partial charge in [0.15, 0.2) is 0 Å². The Kier molecular flexibility index (Phi) is 5.71. The Morgan fingerprint density at radius 2 is 1.91 bits per heavy atom. The van der Waals surface area contributed by atoms with Gasteiger partial charge in [-0.3, -0.25) is 4.90 Å². The number of fused-ring (bicyclic) bond motifs is 3. The summed E-state index contributed by atoms with van der Waals surface area (Å²) in [6.07, 6.45) is -4.68. The summed E-state index contributed by atoms with van der Waals surface area (Å²) in [4.78, 5) is 26.8. The van der Waals surface area contributed by atoms with E-state index in [-0.39, 0.29) is 24.6 Å². The largest absolute Gasteiger partial charge is 0.573 e. The first-order chi connectivity index (χ1) is 15.5. The molecule has 1 unspecified atom stereocenters. The fourth-order valence-corrected chi connectivity index (χ4v) is 3.92. The molecule has 12 heteroatoms. The van der Waals surface area contributed by atoms with Crippen LogP contribution in [0.3, 0.4) is 0 Å². The summed E-state index contributed by atoms with van der Waals surface area (Å²) in [5.74, 6) is -1.08. The lowest BCUT2D eigenvalue weighted by Gasteiger charge is -2.35. The highest BCUT2D eigenvalue weighted by Gasteiger charge is 2.55. The van der Waals surface area contributed by atoms with Crippen molar-refractivity contribution in [2.75, 3.05) is 25.8 Å². The third-order valence-corrected chi connectivity index (χ3v) is 5.51. The van der Waals surface area contributed by atoms with Crippen molar-refractivity contribution in [3.8, 4) is 5.75 Å². The highest BCUT2D eigenvalue weighted by atomic mass is 35.5. The van der Waals surface area contributed by atoms with Gasteiger partial charge in [0.1, 0.15) is 18.2 Å². The Morgan fingerprint density at radius 1 is 1.21 bits per heavy atom. The molecule has 8 nitrogen and oxygen atoms in total. The minimum absolute atomic E-state index is 0.146. The van der Waals surface area contributed by atoms with Crippen molar-refractivity contribution in [1.82, 2.24) is 5.01 Å². The smallest absolute Gasteiger partial charge is 0.467 e. The molecule has 2 amide bonds. The summed E-state index contributed by atoms with van der Waals surface area (Å²) in [5.41, 5.74) is 0.308. The predicted octanol–water partition coefficient (Wildman–Crippen LogP) is 3.96. The quantitative estimate of drug-likeness (QED) is 0.617. The van der Waals surface area contributed by atoms with Crippen LogP contribution in [0.1, 0.15) is 11.1 Å². The molecule has 33 heavy (non-hydrogen) atoms. The lowest BCUT2D eigenvalue weighted by atomic mass is 9.97. The number of methoxy groups -OCH3 is 1. The van der Waals surface area contributed by atoms with Gasteiger partial charge in [-0.05, 0) is 42.0 Å². The monoisotopic (exact) mass is 483 g/mol. The highest BCUT2D eigenvalue weighted by Crippen LogP contribution is 2.38. The number of hydrogen-bond acceptors (Lipinski definition) is 6. The maximum Gasteiger partial charge on any atom is 0.573 e. The van der Waals surface area contributed by atoms with E-state index in [1.807, 2.05) is 0 Å². The molecule has 2 aromatic rings. The number of esters is 1. The van der Waals surface area contributed by atoms with Gasteiger partial charge in [-0.1, -0.05) is 17.7 Å². The van der Waals surface area contributed by atoms with E-state index in [0.29, 0.717) is 10.6 Å². The predicted molar refractivity (Wildman–Crippen MR) is 111 cm³/mol. The molecule has 1 aliphatic heterocycles. The molecule has 0 saturated carbocycles. The third-order valence-electron chi connectivity index (χ3n) is 5.28. The fourth-order valence-electron chi connectivity index (χ4n) is 3.73. The van der Waals surface area contributed by atoms with Gasteiger partial charge < -0.3 is 14.2 Å². The highest BCUT2D eigenvalue weighted by molar-refractivity contribution is 6.31. The van der Waals surface area contributed by atoms with Crippen molar-refractivity contribution < 1.29 is 37.0 Å². The first-order valence-electron chi connectivity index (χ1n) is 9.55. The normalized spacial score (nSPS) is 19.3. The maximum absolute atomic E-state index is 13.0. The zero-order valence-corrected chi connectivity index (χ0v) is 18.1. The van der Waals surface area contributed by atoms with Crippen LogP contribution in [0.2, 0.25) is 5.02 Å². The molecule has 0 fully saturated rings. The lowest BCUT2D eigenvalue weighted by molar-refractivity contribution is -0.274. The number of alkyl halides is 3. The van der Waals surface area contributed by atoms with Crippen LogP contribution in [0.15, 0.2) is 47.6 Å². The van der Waals surface area contributed by atoms with Gasteiger partial charge in [0.2, 0.25) is 5.60 Å². The summed E-state index contributed by atoms with van der Waals surface area (Å²) in [6, 6.07) is 9.14. The molecule has 1 aliphatic carbocycles. The second kappa shape index (κ2) is 8.23. The van der Waals surface area contributed by atoms with Gasteiger partial charge in [-0.2, -0.15) is 10.1 Å². The zero-order valence-electron chi connectivity index (χ0n) is 17.4. The van der Waals surface area contributed by atoms with E-state index in [0.717, 1.165) is 22.7 Å². The number of ether oxygens (including phenoxy) is 3. The van der Waals surface area contributed by atoms with Gasteiger partial charge in [-0.15, -0.1) is 13.2 Å². The molecule has 0 radical (unpaired) electrons. The van der Waals surface area contributed by atoms with Crippen LogP contribution in [0, 0.1) is 0 Å². The number of hydrazone groups is 1. The Morgan fingerprint density at radius 3 is 2.55 bits per heavy atom. The van der Waals surface area contributed by atoms with Crippen LogP contribution in [0.5, 0.6) is 5.75 Å². The van der Waals surface area contributed by atoms with Crippen molar-refractivity contribution in [1.29, 1.82) is 0 Å². The molecular weight excluding hydrogens is 467 g/mol. The summed E-state index contributed by atoms with van der Waals surface area (Å²) in [6.45, 7) is -0.348. The molecule has 0 N–H and O–H groups in total. The molecule has 1 atom stereocenters. The number of urea groups is 1. The van der Waals surface area contributed by atoms with E-state index in [9.17, 15) is 22.8 Å². The van der Waals surface area contributed by atoms with Crippen LogP contribution in [-0.4, -0.2) is 55.6 Å². The number of benzene rings is 2. The number of halogens is 4. The van der Waals surface area contributed by atoms with Gasteiger partial charge in [0.25, 0.3) is 0 Å². The van der Waals surface area contributed by atoms with Gasteiger partial charge in [-0.25, -0.2) is 9.59 Å². The van der Waals surface area contributed by atoms with Crippen molar-refractivity contribution in [2.24, 2.45) is 5.10 Å². The molecule has 4 rings (SSSR count). The number of carbonyl (C=O) groups is 2. The maximum atomic E-state index is 13.0. The Hall–Kier alpha value is -3.31. The standard InChI is InChI=1S/C21H17ClF3N3O5/c1-27(14-4-6-15(7-5-14)33-21(23,24)25)19(30)28-11-32-20(18(29)31-2)10-12-9-13(22)3-8-16(12)17(20)26-28/h3-9H,10-11H2,1-2H3. The van der Waals surface area contributed by atoms with Crippen LogP contribution in [0.25, 0.3) is 0 Å². The third kappa shape index (κ3) is 4.21. The summed E-state index contributed by atoms with van der Waals surface area (Å²) >= 11 is 6.08. The Balaban J connectivity index is 1.62. The number of amides is 2. The molecule has 174 valence electrons. The number of hydrogen-bond donors (Lipinski definition) is 0. The molecule has 2 aliphatic rings. The van der Waals surface area contributed by atoms with Crippen LogP contribution in [-0.2, 0) is 20.7 Å². The lowest BCUT2D eigenvalue weighted by Crippen LogP contribution is -2.56. The fraction of sp³-hybridized carbons (Fsp3) is 0.286. The average Bonchev–Trinajstić information content (AvgIpc) is 3.10. The van der Waals surface area contributed by atoms with E-state index < -0.39 is 29.7 Å². The molecular formula is C21H17ClF3N3O5. The molecule has 1 heterocycles. The van der Waals surface area contributed by atoms with Crippen LogP contribution < -0.4 is 9.64 Å². The number of nitrogens with zero attached hydrogens (tertiary/aromatic N) is 3. The van der Waals surface area contributed by atoms with Crippen molar-refractivity contribution >= 4 is 35.0 Å². The second-order valence-electron chi connectivity index (χ2n) is 7.30. The van der Waals surface area contributed by atoms with Crippen molar-refractivity contribution in [3.05, 3.63) is 58.6 Å². The average molecular weight is 484 g/mol. The first kappa shape index (κ1) is 22.9. The molecule has 0 aromatic heterocycles. The Labute approximate surface area is 191 Å². The minimum Gasteiger partial charge on any atom is -0.467 e. The van der Waals surface area contributed by atoms with E-state index in [4.69, 9.17) is 21.1 Å². The molecule has 2 aromatic carbocycles. The summed E-state index contributed by atoms with van der Waals surface area (Å²) in [5, 5.41) is 5.87. The van der Waals surface area contributed by atoms with Gasteiger partial charge in [0.05, 0.1) is 7.11 Å². The second-order valence-corrected chi connectivity index (χ2v) is 7.74. The number of carbonyl (C=O) groups excluding carboxylic acids is 2. The number of rotatable bonds is 3. The van der Waals surface area contributed by atoms with E-state index in [1.165, 1.54) is 31.2 Å². The topological polar surface area (TPSA) is 80.7 Å². The molecule has 0 bridgehead atoms. The van der Waals surface area contributed by atoms with Crippen LogP contribution >= 0.6 is 11.6 Å². The van der Waals surface area contributed by atoms with E-state index in [1.54, 1.807) is 18.2 Å². The molecule has 0 saturated heterocycles. The van der Waals surface area contributed by atoms with Gasteiger partial charge >= 0.3 is 18.4 Å². The van der Waals surface area contributed by atoms with Gasteiger partial charge in [0, 0.05) is 29.7 Å². The molecule has 0 spiro atoms. The minimum atomic E-state index is -4.82. The van der Waals surface area contributed by atoms with E-state index in [2.05, 4.69) is 9.84 Å². The summed E-state index contributed by atoms with van der Waals surface area (Å²) in [7, 11) is 2.65. The number of anilines is 1. The van der Waals surface area contributed by atoms with Crippen LogP contribution in [0.4, 0.5) is 23.7 Å². The summed E-state index contributed by atoms with van der Waals surface area (Å²) < 4.78 is 51.7. The SMILES string of the molecule is COC(=O)C12Cc3cc(Cl)ccc3C1=NN(C(=O)N(C)c1ccc(OC(F)(F)F)cc1)CO2. The van der Waals surface area contributed by atoms with E-state index >= 15 is 0 Å². The Bertz CT molecular complexity index is 1140. The van der Waals surface area contributed by atoms with Crippen molar-refractivity contribution in [3.63, 3.8) is 0 Å². The first-order valence-corrected chi connectivity index (χ1v) is 9.93. The zero-order chi connectivity index (χ0) is 24.0. The van der Waals surface area contributed by atoms with Crippen molar-refractivity contribution in [2.45, 2.75) is 18.4 Å².